The molecule has 0 aromatic heterocycles. The first-order valence-electron chi connectivity index (χ1n) is 2.36. The molecule has 0 N–H and O–H groups in total. The zero-order chi connectivity index (χ0) is 6.41. The minimum absolute atomic E-state index is 0.0341. The number of rotatable bonds is 3. The van der Waals surface area contributed by atoms with Gasteiger partial charge in [-0.25, -0.2) is 4.99 Å². The Kier molecular flexibility index (Phi) is 3.66. The van der Waals surface area contributed by atoms with Crippen molar-refractivity contribution < 1.29 is 0 Å². The molecule has 0 aliphatic carbocycles. The SMILES string of the molecule is C=C(N=O)N=CCC. The zero-order valence-corrected chi connectivity index (χ0v) is 4.79. The first kappa shape index (κ1) is 7.01. The highest BCUT2D eigenvalue weighted by Crippen LogP contribution is 1.89. The summed E-state index contributed by atoms with van der Waals surface area (Å²) in [6.07, 6.45) is 2.39. The summed E-state index contributed by atoms with van der Waals surface area (Å²) in [5.41, 5.74) is 0. The second-order valence-electron chi connectivity index (χ2n) is 1.23. The van der Waals surface area contributed by atoms with Gasteiger partial charge in [0.25, 0.3) is 0 Å². The van der Waals surface area contributed by atoms with Crippen molar-refractivity contribution in [3.8, 4) is 0 Å². The topological polar surface area (TPSA) is 41.8 Å². The van der Waals surface area contributed by atoms with E-state index in [-0.39, 0.29) is 5.82 Å². The summed E-state index contributed by atoms with van der Waals surface area (Å²) in [4.78, 5) is 13.1. The molecule has 3 heteroatoms. The van der Waals surface area contributed by atoms with E-state index in [0.29, 0.717) is 0 Å². The molecule has 0 aliphatic rings. The second-order valence-corrected chi connectivity index (χ2v) is 1.23. The summed E-state index contributed by atoms with van der Waals surface area (Å²) >= 11 is 0. The summed E-state index contributed by atoms with van der Waals surface area (Å²) in [6, 6.07) is 0. The smallest absolute Gasteiger partial charge is 0.188 e. The van der Waals surface area contributed by atoms with E-state index < -0.39 is 0 Å². The molecule has 0 saturated carbocycles. The van der Waals surface area contributed by atoms with E-state index in [1.54, 1.807) is 6.21 Å². The number of nitroso groups, excluding NO2 is 1. The van der Waals surface area contributed by atoms with Gasteiger partial charge >= 0.3 is 0 Å². The lowest BCUT2D eigenvalue weighted by molar-refractivity contribution is 1.22. The van der Waals surface area contributed by atoms with Crippen LogP contribution in [0, 0.1) is 4.91 Å². The van der Waals surface area contributed by atoms with Crippen LogP contribution in [0.5, 0.6) is 0 Å². The van der Waals surface area contributed by atoms with Gasteiger partial charge in [-0.15, -0.1) is 4.91 Å². The van der Waals surface area contributed by atoms with E-state index in [1.165, 1.54) is 0 Å². The Morgan fingerprint density at radius 2 is 2.50 bits per heavy atom. The van der Waals surface area contributed by atoms with Crippen molar-refractivity contribution in [1.82, 2.24) is 0 Å². The molecule has 0 aromatic rings. The average molecular weight is 112 g/mol. The van der Waals surface area contributed by atoms with Crippen molar-refractivity contribution in [3.63, 3.8) is 0 Å². The monoisotopic (exact) mass is 112 g/mol. The van der Waals surface area contributed by atoms with Gasteiger partial charge in [0.15, 0.2) is 5.82 Å². The summed E-state index contributed by atoms with van der Waals surface area (Å²) in [7, 11) is 0. The normalized spacial score (nSPS) is 9.62. The van der Waals surface area contributed by atoms with Crippen LogP contribution >= 0.6 is 0 Å². The predicted molar refractivity (Wildman–Crippen MR) is 33.7 cm³/mol. The van der Waals surface area contributed by atoms with E-state index in [0.717, 1.165) is 6.42 Å². The van der Waals surface area contributed by atoms with Gasteiger partial charge in [-0.1, -0.05) is 13.5 Å². The minimum atomic E-state index is 0.0341. The molecule has 0 aromatic carbocycles. The highest BCUT2D eigenvalue weighted by Gasteiger charge is 1.78. The summed E-state index contributed by atoms with van der Waals surface area (Å²) < 4.78 is 0. The first-order chi connectivity index (χ1) is 3.81. The van der Waals surface area contributed by atoms with Crippen LogP contribution in [0.1, 0.15) is 13.3 Å². The molecule has 0 unspecified atom stereocenters. The lowest BCUT2D eigenvalue weighted by atomic mass is 10.5. The Morgan fingerprint density at radius 1 is 1.88 bits per heavy atom. The van der Waals surface area contributed by atoms with Crippen LogP contribution in [0.3, 0.4) is 0 Å². The zero-order valence-electron chi connectivity index (χ0n) is 4.79. The molecular formula is C5H8N2O. The fourth-order valence-corrected chi connectivity index (χ4v) is 0.220. The van der Waals surface area contributed by atoms with Crippen LogP contribution in [-0.2, 0) is 0 Å². The van der Waals surface area contributed by atoms with Gasteiger partial charge in [0.2, 0.25) is 0 Å². The van der Waals surface area contributed by atoms with E-state index >= 15 is 0 Å². The number of aliphatic imine (C=N–C) groups is 1. The maximum absolute atomic E-state index is 9.55. The molecule has 0 atom stereocenters. The highest BCUT2D eigenvalue weighted by molar-refractivity contribution is 5.58. The van der Waals surface area contributed by atoms with Crippen LogP contribution < -0.4 is 0 Å². The number of hydrogen-bond donors (Lipinski definition) is 0. The summed E-state index contributed by atoms with van der Waals surface area (Å²) in [5.74, 6) is 0.0341. The van der Waals surface area contributed by atoms with Crippen LogP contribution in [0.2, 0.25) is 0 Å². The van der Waals surface area contributed by atoms with Crippen LogP contribution in [0.4, 0.5) is 0 Å². The Morgan fingerprint density at radius 3 is 2.88 bits per heavy atom. The molecule has 44 valence electrons. The van der Waals surface area contributed by atoms with Crippen molar-refractivity contribution in [2.75, 3.05) is 0 Å². The van der Waals surface area contributed by atoms with E-state index in [4.69, 9.17) is 0 Å². The second kappa shape index (κ2) is 4.18. The number of hydrogen-bond acceptors (Lipinski definition) is 3. The van der Waals surface area contributed by atoms with Crippen LogP contribution in [0.25, 0.3) is 0 Å². The van der Waals surface area contributed by atoms with Gasteiger partial charge < -0.3 is 0 Å². The lowest BCUT2D eigenvalue weighted by Crippen LogP contribution is -1.68. The maximum Gasteiger partial charge on any atom is 0.188 e. The molecule has 3 nitrogen and oxygen atoms in total. The average Bonchev–Trinajstić information content (AvgIpc) is 1.83. The molecular weight excluding hydrogens is 104 g/mol. The third-order valence-electron chi connectivity index (χ3n) is 0.528. The van der Waals surface area contributed by atoms with Gasteiger partial charge in [-0.3, -0.25) is 0 Å². The number of nitrogens with zero attached hydrogens (tertiary/aromatic N) is 2. The fourth-order valence-electron chi connectivity index (χ4n) is 0.220. The van der Waals surface area contributed by atoms with E-state index in [9.17, 15) is 4.91 Å². The highest BCUT2D eigenvalue weighted by atomic mass is 16.3. The Hall–Kier alpha value is -0.990. The van der Waals surface area contributed by atoms with Gasteiger partial charge in [0, 0.05) is 6.21 Å². The van der Waals surface area contributed by atoms with Crippen molar-refractivity contribution in [2.45, 2.75) is 13.3 Å². The van der Waals surface area contributed by atoms with Gasteiger partial charge in [0.1, 0.15) is 0 Å². The Bertz CT molecular complexity index is 118. The summed E-state index contributed by atoms with van der Waals surface area (Å²) in [5, 5.41) is 2.48. The summed E-state index contributed by atoms with van der Waals surface area (Å²) in [6.45, 7) is 5.15. The standard InChI is InChI=1S/C5H8N2O/c1-3-4-6-5(2)7-8/h4H,2-3H2,1H3. The molecule has 0 aliphatic heterocycles. The third-order valence-corrected chi connectivity index (χ3v) is 0.528. The Labute approximate surface area is 48.1 Å². The van der Waals surface area contributed by atoms with Crippen molar-refractivity contribution >= 4 is 6.21 Å². The van der Waals surface area contributed by atoms with Crippen LogP contribution in [0.15, 0.2) is 22.6 Å². The van der Waals surface area contributed by atoms with E-state index in [1.807, 2.05) is 6.92 Å². The lowest BCUT2D eigenvalue weighted by Gasteiger charge is -1.78. The van der Waals surface area contributed by atoms with Crippen LogP contribution in [-0.4, -0.2) is 6.21 Å². The molecule has 0 fully saturated rings. The minimum Gasteiger partial charge on any atom is -0.239 e. The third kappa shape index (κ3) is 3.21. The molecule has 0 radical (unpaired) electrons. The van der Waals surface area contributed by atoms with Gasteiger partial charge in [0.05, 0.1) is 0 Å². The molecule has 0 spiro atoms. The van der Waals surface area contributed by atoms with Crippen molar-refractivity contribution in [2.24, 2.45) is 10.2 Å². The van der Waals surface area contributed by atoms with Crippen molar-refractivity contribution in [3.05, 3.63) is 17.3 Å². The molecule has 0 bridgehead atoms. The molecule has 0 heterocycles. The quantitative estimate of drug-likeness (QED) is 0.404. The largest absolute Gasteiger partial charge is 0.239 e. The predicted octanol–water partition coefficient (Wildman–Crippen LogP) is 1.70. The maximum atomic E-state index is 9.55. The van der Waals surface area contributed by atoms with Crippen molar-refractivity contribution in [1.29, 1.82) is 0 Å². The molecule has 0 saturated heterocycles. The van der Waals surface area contributed by atoms with E-state index in [2.05, 4.69) is 16.7 Å². The van der Waals surface area contributed by atoms with Gasteiger partial charge in [-0.05, 0) is 11.6 Å². The molecule has 0 rings (SSSR count). The fraction of sp³-hybridized carbons (Fsp3) is 0.400. The molecule has 0 amide bonds. The molecule has 8 heavy (non-hydrogen) atoms. The van der Waals surface area contributed by atoms with Gasteiger partial charge in [-0.2, -0.15) is 0 Å². The Balaban J connectivity index is 3.52. The first-order valence-corrected chi connectivity index (χ1v) is 2.36.